The second-order valence-electron chi connectivity index (χ2n) is 4.35. The largest absolute Gasteiger partial charge is 0.373 e. The summed E-state index contributed by atoms with van der Waals surface area (Å²) in [6.07, 6.45) is 4.92. The van der Waals surface area contributed by atoms with Gasteiger partial charge in [-0.2, -0.15) is 0 Å². The predicted octanol–water partition coefficient (Wildman–Crippen LogP) is 2.47. The molecule has 0 aromatic heterocycles. The molecule has 15 heavy (non-hydrogen) atoms. The van der Waals surface area contributed by atoms with E-state index in [0.29, 0.717) is 12.1 Å². The zero-order chi connectivity index (χ0) is 10.5. The van der Waals surface area contributed by atoms with Crippen LogP contribution in [0.25, 0.3) is 0 Å². The maximum absolute atomic E-state index is 5.91. The summed E-state index contributed by atoms with van der Waals surface area (Å²) in [7, 11) is 0. The van der Waals surface area contributed by atoms with Gasteiger partial charge in [0.25, 0.3) is 0 Å². The zero-order valence-corrected chi connectivity index (χ0v) is 9.06. The second kappa shape index (κ2) is 5.29. The van der Waals surface area contributed by atoms with Gasteiger partial charge in [-0.05, 0) is 31.2 Å². The summed E-state index contributed by atoms with van der Waals surface area (Å²) in [4.78, 5) is 0. The molecule has 1 aromatic carbocycles. The van der Waals surface area contributed by atoms with Gasteiger partial charge in [-0.3, -0.25) is 0 Å². The molecule has 1 aliphatic carbocycles. The number of hydrogen-bond acceptors (Lipinski definition) is 2. The molecule has 0 spiro atoms. The Hall–Kier alpha value is -0.860. The third-order valence-electron chi connectivity index (χ3n) is 3.00. The van der Waals surface area contributed by atoms with E-state index in [1.54, 1.807) is 0 Å². The highest BCUT2D eigenvalue weighted by Gasteiger charge is 2.19. The molecule has 2 N–H and O–H groups in total. The summed E-state index contributed by atoms with van der Waals surface area (Å²) in [6.45, 7) is 0.720. The number of benzene rings is 1. The van der Waals surface area contributed by atoms with E-state index in [-0.39, 0.29) is 0 Å². The highest BCUT2D eigenvalue weighted by atomic mass is 16.5. The Balaban J connectivity index is 1.78. The van der Waals surface area contributed by atoms with Crippen molar-refractivity contribution in [2.75, 3.05) is 0 Å². The van der Waals surface area contributed by atoms with Gasteiger partial charge >= 0.3 is 0 Å². The SMILES string of the molecule is N[C@@H]1CCC[C@H](OCc2ccccc2)C1. The Morgan fingerprint density at radius 3 is 2.73 bits per heavy atom. The molecular formula is C13H19NO. The maximum atomic E-state index is 5.91. The van der Waals surface area contributed by atoms with Crippen LogP contribution in [0.4, 0.5) is 0 Å². The van der Waals surface area contributed by atoms with Crippen LogP contribution in [0.5, 0.6) is 0 Å². The lowest BCUT2D eigenvalue weighted by Gasteiger charge is -2.26. The molecule has 0 saturated heterocycles. The molecule has 1 fully saturated rings. The molecular weight excluding hydrogens is 186 g/mol. The molecule has 2 rings (SSSR count). The van der Waals surface area contributed by atoms with Crippen molar-refractivity contribution in [3.05, 3.63) is 35.9 Å². The topological polar surface area (TPSA) is 35.2 Å². The first-order chi connectivity index (χ1) is 7.34. The monoisotopic (exact) mass is 205 g/mol. The lowest BCUT2D eigenvalue weighted by molar-refractivity contribution is 0.0122. The zero-order valence-electron chi connectivity index (χ0n) is 9.06. The highest BCUT2D eigenvalue weighted by Crippen LogP contribution is 2.20. The number of hydrogen-bond donors (Lipinski definition) is 1. The summed E-state index contributed by atoms with van der Waals surface area (Å²) >= 11 is 0. The number of ether oxygens (including phenoxy) is 1. The van der Waals surface area contributed by atoms with Gasteiger partial charge in [0.05, 0.1) is 12.7 Å². The van der Waals surface area contributed by atoms with Crippen molar-refractivity contribution in [1.29, 1.82) is 0 Å². The molecule has 0 aliphatic heterocycles. The van der Waals surface area contributed by atoms with E-state index in [9.17, 15) is 0 Å². The van der Waals surface area contributed by atoms with Gasteiger partial charge in [0.15, 0.2) is 0 Å². The number of rotatable bonds is 3. The molecule has 2 heteroatoms. The van der Waals surface area contributed by atoms with Gasteiger partial charge in [-0.1, -0.05) is 30.3 Å². The minimum atomic E-state index is 0.347. The Bertz CT molecular complexity index is 286. The molecule has 82 valence electrons. The van der Waals surface area contributed by atoms with Crippen LogP contribution in [-0.4, -0.2) is 12.1 Å². The van der Waals surface area contributed by atoms with Gasteiger partial charge in [-0.15, -0.1) is 0 Å². The maximum Gasteiger partial charge on any atom is 0.0720 e. The van der Waals surface area contributed by atoms with E-state index < -0.39 is 0 Å². The third-order valence-corrected chi connectivity index (χ3v) is 3.00. The van der Waals surface area contributed by atoms with Crippen LogP contribution in [0.3, 0.4) is 0 Å². The van der Waals surface area contributed by atoms with Gasteiger partial charge < -0.3 is 10.5 Å². The van der Waals surface area contributed by atoms with E-state index in [4.69, 9.17) is 10.5 Å². The van der Waals surface area contributed by atoms with Crippen molar-refractivity contribution in [3.63, 3.8) is 0 Å². The van der Waals surface area contributed by atoms with E-state index >= 15 is 0 Å². The second-order valence-corrected chi connectivity index (χ2v) is 4.35. The smallest absolute Gasteiger partial charge is 0.0720 e. The Labute approximate surface area is 91.4 Å². The summed E-state index contributed by atoms with van der Waals surface area (Å²) in [5.74, 6) is 0. The van der Waals surface area contributed by atoms with E-state index in [2.05, 4.69) is 12.1 Å². The van der Waals surface area contributed by atoms with E-state index in [1.807, 2.05) is 18.2 Å². The average Bonchev–Trinajstić information content (AvgIpc) is 2.28. The number of nitrogens with two attached hydrogens (primary N) is 1. The van der Waals surface area contributed by atoms with Gasteiger partial charge in [0, 0.05) is 6.04 Å². The summed E-state index contributed by atoms with van der Waals surface area (Å²) in [5.41, 5.74) is 7.16. The molecule has 0 amide bonds. The third kappa shape index (κ3) is 3.33. The van der Waals surface area contributed by atoms with Crippen molar-refractivity contribution in [2.24, 2.45) is 5.73 Å². The van der Waals surface area contributed by atoms with Crippen molar-refractivity contribution >= 4 is 0 Å². The summed E-state index contributed by atoms with van der Waals surface area (Å²) < 4.78 is 5.86. The first-order valence-corrected chi connectivity index (χ1v) is 5.75. The van der Waals surface area contributed by atoms with Crippen molar-refractivity contribution in [2.45, 2.75) is 44.4 Å². The molecule has 0 bridgehead atoms. The molecule has 2 nitrogen and oxygen atoms in total. The quantitative estimate of drug-likeness (QED) is 0.822. The first-order valence-electron chi connectivity index (χ1n) is 5.75. The molecule has 0 radical (unpaired) electrons. The molecule has 1 saturated carbocycles. The summed E-state index contributed by atoms with van der Waals surface area (Å²) in [5, 5.41) is 0. The average molecular weight is 205 g/mol. The standard InChI is InChI=1S/C13H19NO/c14-12-7-4-8-13(9-12)15-10-11-5-2-1-3-6-11/h1-3,5-6,12-13H,4,7-10,14H2/t12-,13+/m1/s1. The molecule has 2 atom stereocenters. The minimum Gasteiger partial charge on any atom is -0.373 e. The van der Waals surface area contributed by atoms with Crippen molar-refractivity contribution in [1.82, 2.24) is 0 Å². The van der Waals surface area contributed by atoms with Crippen LogP contribution in [0.15, 0.2) is 30.3 Å². The van der Waals surface area contributed by atoms with Crippen LogP contribution in [0.1, 0.15) is 31.2 Å². The predicted molar refractivity (Wildman–Crippen MR) is 61.5 cm³/mol. The van der Waals surface area contributed by atoms with Crippen LogP contribution in [0.2, 0.25) is 0 Å². The van der Waals surface area contributed by atoms with Crippen LogP contribution in [-0.2, 0) is 11.3 Å². The molecule has 0 heterocycles. The van der Waals surface area contributed by atoms with Crippen molar-refractivity contribution < 1.29 is 4.74 Å². The normalized spacial score (nSPS) is 26.5. The highest BCUT2D eigenvalue weighted by molar-refractivity contribution is 5.13. The fourth-order valence-electron chi connectivity index (χ4n) is 2.12. The van der Waals surface area contributed by atoms with Gasteiger partial charge in [0.2, 0.25) is 0 Å². The van der Waals surface area contributed by atoms with Crippen LogP contribution < -0.4 is 5.73 Å². The molecule has 1 aliphatic rings. The Morgan fingerprint density at radius 2 is 2.00 bits per heavy atom. The van der Waals surface area contributed by atoms with Crippen LogP contribution in [0, 0.1) is 0 Å². The lowest BCUT2D eigenvalue weighted by Crippen LogP contribution is -2.32. The van der Waals surface area contributed by atoms with E-state index in [1.165, 1.54) is 18.4 Å². The minimum absolute atomic E-state index is 0.347. The van der Waals surface area contributed by atoms with Crippen molar-refractivity contribution in [3.8, 4) is 0 Å². The molecule has 0 unspecified atom stereocenters. The summed E-state index contributed by atoms with van der Waals surface area (Å²) in [6, 6.07) is 10.7. The Morgan fingerprint density at radius 1 is 1.20 bits per heavy atom. The Kier molecular flexibility index (Phi) is 3.75. The van der Waals surface area contributed by atoms with Crippen LogP contribution >= 0.6 is 0 Å². The van der Waals surface area contributed by atoms with Gasteiger partial charge in [0.1, 0.15) is 0 Å². The fourth-order valence-corrected chi connectivity index (χ4v) is 2.12. The fraction of sp³-hybridized carbons (Fsp3) is 0.538. The van der Waals surface area contributed by atoms with Gasteiger partial charge in [-0.25, -0.2) is 0 Å². The molecule has 1 aromatic rings. The first kappa shape index (κ1) is 10.7. The van der Waals surface area contributed by atoms with E-state index in [0.717, 1.165) is 19.4 Å². The lowest BCUT2D eigenvalue weighted by atomic mass is 9.93.